The van der Waals surface area contributed by atoms with Gasteiger partial charge in [-0.05, 0) is 13.3 Å². The first kappa shape index (κ1) is 7.48. The molecule has 0 aliphatic carbocycles. The average molecular weight is 110 g/mol. The fourth-order valence-corrected chi connectivity index (χ4v) is 0.515. The summed E-state index contributed by atoms with van der Waals surface area (Å²) < 4.78 is 0. The minimum Gasteiger partial charge on any atom is -0.0959 e. The first-order chi connectivity index (χ1) is 3.68. The van der Waals surface area contributed by atoms with Crippen LogP contribution in [0.2, 0.25) is 0 Å². The van der Waals surface area contributed by atoms with Crippen LogP contribution in [0.3, 0.4) is 0 Å². The van der Waals surface area contributed by atoms with E-state index in [-0.39, 0.29) is 0 Å². The summed E-state index contributed by atoms with van der Waals surface area (Å²) >= 11 is 0. The van der Waals surface area contributed by atoms with Crippen LogP contribution in [0.4, 0.5) is 0 Å². The van der Waals surface area contributed by atoms with Crippen LogP contribution in [0.5, 0.6) is 0 Å². The molecular weight excluding hydrogens is 96.1 g/mol. The van der Waals surface area contributed by atoms with E-state index in [4.69, 9.17) is 0 Å². The maximum absolute atomic E-state index is 3.84. The Morgan fingerprint density at radius 1 is 1.38 bits per heavy atom. The molecule has 0 unspecified atom stereocenters. The smallest absolute Gasteiger partial charge is 0.0285 e. The van der Waals surface area contributed by atoms with E-state index in [0.29, 0.717) is 0 Å². The molecule has 0 spiro atoms. The predicted molar refractivity (Wildman–Crippen MR) is 38.9 cm³/mol. The molecule has 0 heteroatoms. The van der Waals surface area contributed by atoms with E-state index in [1.807, 2.05) is 6.92 Å². The summed E-state index contributed by atoms with van der Waals surface area (Å²) in [6.45, 7) is 11.8. The molecular formula is C8H14. The largest absolute Gasteiger partial charge is 0.0959 e. The molecule has 0 atom stereocenters. The molecule has 46 valence electrons. The second-order valence-corrected chi connectivity index (χ2v) is 2.13. The summed E-state index contributed by atoms with van der Waals surface area (Å²) in [6, 6.07) is 0. The number of allylic oxidation sites excluding steroid dienone is 2. The molecule has 0 fully saturated rings. The number of rotatable bonds is 3. The SMILES string of the molecule is C=C(C)C(=C)CCC. The first-order valence-corrected chi connectivity index (χ1v) is 3.02. The summed E-state index contributed by atoms with van der Waals surface area (Å²) in [5.41, 5.74) is 2.30. The summed E-state index contributed by atoms with van der Waals surface area (Å²) in [5.74, 6) is 0. The molecule has 0 N–H and O–H groups in total. The summed E-state index contributed by atoms with van der Waals surface area (Å²) in [4.78, 5) is 0. The van der Waals surface area contributed by atoms with Gasteiger partial charge in [-0.3, -0.25) is 0 Å². The van der Waals surface area contributed by atoms with Gasteiger partial charge < -0.3 is 0 Å². The van der Waals surface area contributed by atoms with Gasteiger partial charge in [0.2, 0.25) is 0 Å². The second-order valence-electron chi connectivity index (χ2n) is 2.13. The maximum Gasteiger partial charge on any atom is -0.0285 e. The van der Waals surface area contributed by atoms with Crippen molar-refractivity contribution in [2.24, 2.45) is 0 Å². The van der Waals surface area contributed by atoms with Gasteiger partial charge in [0.15, 0.2) is 0 Å². The van der Waals surface area contributed by atoms with Crippen LogP contribution in [0.15, 0.2) is 24.3 Å². The lowest BCUT2D eigenvalue weighted by atomic mass is 10.1. The molecule has 0 saturated carbocycles. The zero-order valence-corrected chi connectivity index (χ0v) is 5.83. The van der Waals surface area contributed by atoms with Gasteiger partial charge in [-0.2, -0.15) is 0 Å². The molecule has 8 heavy (non-hydrogen) atoms. The van der Waals surface area contributed by atoms with Gasteiger partial charge >= 0.3 is 0 Å². The average Bonchev–Trinajstić information content (AvgIpc) is 1.67. The van der Waals surface area contributed by atoms with E-state index in [1.165, 1.54) is 12.0 Å². The normalized spacial score (nSPS) is 8.75. The minimum atomic E-state index is 1.09. The van der Waals surface area contributed by atoms with Crippen molar-refractivity contribution in [2.45, 2.75) is 26.7 Å². The van der Waals surface area contributed by atoms with E-state index < -0.39 is 0 Å². The van der Waals surface area contributed by atoms with E-state index in [1.54, 1.807) is 0 Å². The fraction of sp³-hybridized carbons (Fsp3) is 0.500. The number of hydrogen-bond acceptors (Lipinski definition) is 0. The van der Waals surface area contributed by atoms with Crippen LogP contribution < -0.4 is 0 Å². The highest BCUT2D eigenvalue weighted by molar-refractivity contribution is 5.21. The molecule has 0 bridgehead atoms. The van der Waals surface area contributed by atoms with Gasteiger partial charge in [-0.1, -0.05) is 37.6 Å². The topological polar surface area (TPSA) is 0 Å². The van der Waals surface area contributed by atoms with Crippen LogP contribution in [-0.2, 0) is 0 Å². The van der Waals surface area contributed by atoms with Crippen LogP contribution in [-0.4, -0.2) is 0 Å². The highest BCUT2D eigenvalue weighted by Crippen LogP contribution is 2.09. The van der Waals surface area contributed by atoms with E-state index in [9.17, 15) is 0 Å². The lowest BCUT2D eigenvalue weighted by Gasteiger charge is -1.98. The molecule has 0 rings (SSSR count). The third-order valence-electron chi connectivity index (χ3n) is 1.16. The van der Waals surface area contributed by atoms with Crippen molar-refractivity contribution < 1.29 is 0 Å². The Hall–Kier alpha value is -0.520. The molecule has 0 nitrogen and oxygen atoms in total. The van der Waals surface area contributed by atoms with Gasteiger partial charge in [0, 0.05) is 0 Å². The van der Waals surface area contributed by atoms with Crippen LogP contribution >= 0.6 is 0 Å². The van der Waals surface area contributed by atoms with Crippen molar-refractivity contribution in [2.75, 3.05) is 0 Å². The highest BCUT2D eigenvalue weighted by Gasteiger charge is 1.89. The zero-order valence-electron chi connectivity index (χ0n) is 5.83. The molecule has 0 aliphatic rings. The molecule has 0 heterocycles. The molecule has 0 aromatic heterocycles. The van der Waals surface area contributed by atoms with Crippen molar-refractivity contribution in [1.29, 1.82) is 0 Å². The van der Waals surface area contributed by atoms with Crippen molar-refractivity contribution in [3.8, 4) is 0 Å². The monoisotopic (exact) mass is 110 g/mol. The predicted octanol–water partition coefficient (Wildman–Crippen LogP) is 2.92. The third-order valence-corrected chi connectivity index (χ3v) is 1.16. The van der Waals surface area contributed by atoms with E-state index in [0.717, 1.165) is 12.0 Å². The van der Waals surface area contributed by atoms with Crippen LogP contribution in [0, 0.1) is 0 Å². The lowest BCUT2D eigenvalue weighted by molar-refractivity contribution is 0.916. The molecule has 0 aliphatic heterocycles. The quantitative estimate of drug-likeness (QED) is 0.490. The Bertz CT molecular complexity index is 98.6. The summed E-state index contributed by atoms with van der Waals surface area (Å²) in [6.07, 6.45) is 2.26. The van der Waals surface area contributed by atoms with Crippen molar-refractivity contribution >= 4 is 0 Å². The molecule has 0 saturated heterocycles. The van der Waals surface area contributed by atoms with Gasteiger partial charge in [0.05, 0.1) is 0 Å². The standard InChI is InChI=1S/C8H14/c1-5-6-8(4)7(2)3/h2,4-6H2,1,3H3. The van der Waals surface area contributed by atoms with Crippen molar-refractivity contribution in [3.63, 3.8) is 0 Å². The van der Waals surface area contributed by atoms with Gasteiger partial charge in [-0.15, -0.1) is 0 Å². The molecule has 0 radical (unpaired) electrons. The van der Waals surface area contributed by atoms with Crippen LogP contribution in [0.25, 0.3) is 0 Å². The Morgan fingerprint density at radius 3 is 2.00 bits per heavy atom. The van der Waals surface area contributed by atoms with Gasteiger partial charge in [-0.25, -0.2) is 0 Å². The minimum absolute atomic E-state index is 1.09. The molecule has 0 aromatic rings. The maximum atomic E-state index is 3.84. The summed E-state index contributed by atoms with van der Waals surface area (Å²) in [5, 5.41) is 0. The third kappa shape index (κ3) is 2.62. The Kier molecular flexibility index (Phi) is 3.25. The van der Waals surface area contributed by atoms with Crippen molar-refractivity contribution in [3.05, 3.63) is 24.3 Å². The van der Waals surface area contributed by atoms with E-state index in [2.05, 4.69) is 20.1 Å². The Labute approximate surface area is 51.9 Å². The van der Waals surface area contributed by atoms with E-state index >= 15 is 0 Å². The van der Waals surface area contributed by atoms with Crippen LogP contribution in [0.1, 0.15) is 26.7 Å². The Morgan fingerprint density at radius 2 is 1.88 bits per heavy atom. The Balaban J connectivity index is 3.49. The highest BCUT2D eigenvalue weighted by atomic mass is 13.9. The summed E-state index contributed by atoms with van der Waals surface area (Å²) in [7, 11) is 0. The fourth-order valence-electron chi connectivity index (χ4n) is 0.515. The lowest BCUT2D eigenvalue weighted by Crippen LogP contribution is -1.78. The molecule has 0 amide bonds. The van der Waals surface area contributed by atoms with Crippen molar-refractivity contribution in [1.82, 2.24) is 0 Å². The van der Waals surface area contributed by atoms with Gasteiger partial charge in [0.1, 0.15) is 0 Å². The van der Waals surface area contributed by atoms with Gasteiger partial charge in [0.25, 0.3) is 0 Å². The zero-order chi connectivity index (χ0) is 6.57. The second kappa shape index (κ2) is 3.48. The first-order valence-electron chi connectivity index (χ1n) is 3.02. The number of hydrogen-bond donors (Lipinski definition) is 0. The molecule has 0 aromatic carbocycles.